The first kappa shape index (κ1) is 13.3. The van der Waals surface area contributed by atoms with Gasteiger partial charge in [0.05, 0.1) is 11.5 Å². The Kier molecular flexibility index (Phi) is 4.44. The van der Waals surface area contributed by atoms with Crippen molar-refractivity contribution >= 4 is 9.84 Å². The molecule has 2 atom stereocenters. The molecule has 0 aromatic heterocycles. The van der Waals surface area contributed by atoms with Crippen LogP contribution >= 0.6 is 0 Å². The minimum absolute atomic E-state index is 0.234. The molecular weight excluding hydrogens is 236 g/mol. The predicted molar refractivity (Wildman–Crippen MR) is 69.9 cm³/mol. The Bertz CT molecular complexity index is 336. The molecule has 0 aromatic carbocycles. The van der Waals surface area contributed by atoms with Gasteiger partial charge in [-0.25, -0.2) is 8.42 Å². The fourth-order valence-corrected chi connectivity index (χ4v) is 4.70. The van der Waals surface area contributed by atoms with E-state index in [1.807, 2.05) is 0 Å². The summed E-state index contributed by atoms with van der Waals surface area (Å²) in [4.78, 5) is 2.25. The number of hydrogen-bond donors (Lipinski definition) is 1. The lowest BCUT2D eigenvalue weighted by Crippen LogP contribution is -2.48. The minimum atomic E-state index is -2.78. The molecule has 2 heterocycles. The van der Waals surface area contributed by atoms with E-state index >= 15 is 0 Å². The summed E-state index contributed by atoms with van der Waals surface area (Å²) in [6.07, 6.45) is 5.66. The summed E-state index contributed by atoms with van der Waals surface area (Å²) in [6, 6.07) is 0.788. The summed E-state index contributed by atoms with van der Waals surface area (Å²) in [6.45, 7) is 2.10. The average Bonchev–Trinajstić information content (AvgIpc) is 2.29. The van der Waals surface area contributed by atoms with Gasteiger partial charge in [0.1, 0.15) is 0 Å². The highest BCUT2D eigenvalue weighted by Gasteiger charge is 2.28. The van der Waals surface area contributed by atoms with Crippen LogP contribution in [-0.4, -0.2) is 57.0 Å². The third-order valence-electron chi connectivity index (χ3n) is 3.98. The maximum absolute atomic E-state index is 11.6. The second kappa shape index (κ2) is 5.67. The summed E-state index contributed by atoms with van der Waals surface area (Å²) in [5, 5.41) is 3.52. The van der Waals surface area contributed by atoms with Gasteiger partial charge in [0.15, 0.2) is 9.84 Å². The van der Waals surface area contributed by atoms with Gasteiger partial charge in [0, 0.05) is 18.6 Å². The van der Waals surface area contributed by atoms with Gasteiger partial charge in [-0.3, -0.25) is 0 Å². The van der Waals surface area contributed by atoms with Gasteiger partial charge in [-0.15, -0.1) is 0 Å². The number of sulfone groups is 1. The van der Waals surface area contributed by atoms with Crippen LogP contribution in [0, 0.1) is 0 Å². The Morgan fingerprint density at radius 3 is 2.71 bits per heavy atom. The van der Waals surface area contributed by atoms with E-state index in [2.05, 4.69) is 17.3 Å². The minimum Gasteiger partial charge on any atom is -0.313 e. The summed E-state index contributed by atoms with van der Waals surface area (Å²) >= 11 is 0. The first-order valence-electron chi connectivity index (χ1n) is 6.71. The summed E-state index contributed by atoms with van der Waals surface area (Å²) in [5.74, 6) is 0.745. The molecule has 17 heavy (non-hydrogen) atoms. The highest BCUT2D eigenvalue weighted by Crippen LogP contribution is 2.18. The van der Waals surface area contributed by atoms with E-state index in [4.69, 9.17) is 0 Å². The topological polar surface area (TPSA) is 49.4 Å². The zero-order valence-corrected chi connectivity index (χ0v) is 11.5. The third-order valence-corrected chi connectivity index (χ3v) is 5.79. The standard InChI is InChI=1S/C12H24N2O2S/c1-14(9-11-5-2-3-7-13-11)12-6-4-8-17(15,16)10-12/h11-13H,2-10H2,1H3. The first-order chi connectivity index (χ1) is 8.07. The molecule has 2 aliphatic heterocycles. The molecule has 0 spiro atoms. The molecule has 0 saturated carbocycles. The van der Waals surface area contributed by atoms with Crippen molar-refractivity contribution in [2.75, 3.05) is 31.6 Å². The van der Waals surface area contributed by atoms with Crippen LogP contribution in [0.4, 0.5) is 0 Å². The molecule has 5 heteroatoms. The lowest BCUT2D eigenvalue weighted by Gasteiger charge is -2.35. The van der Waals surface area contributed by atoms with E-state index in [-0.39, 0.29) is 6.04 Å². The van der Waals surface area contributed by atoms with Crippen molar-refractivity contribution in [2.45, 2.75) is 44.2 Å². The van der Waals surface area contributed by atoms with Crippen LogP contribution in [0.2, 0.25) is 0 Å². The average molecular weight is 260 g/mol. The number of likely N-dealkylation sites (N-methyl/N-ethyl adjacent to an activating group) is 1. The summed E-state index contributed by atoms with van der Waals surface area (Å²) < 4.78 is 23.2. The van der Waals surface area contributed by atoms with Crippen LogP contribution in [0.5, 0.6) is 0 Å². The number of nitrogens with one attached hydrogen (secondary N) is 1. The zero-order chi connectivity index (χ0) is 12.3. The van der Waals surface area contributed by atoms with Gasteiger partial charge in [0.25, 0.3) is 0 Å². The van der Waals surface area contributed by atoms with Gasteiger partial charge < -0.3 is 10.2 Å². The monoisotopic (exact) mass is 260 g/mol. The lowest BCUT2D eigenvalue weighted by atomic mass is 10.0. The Labute approximate surface area is 105 Å². The molecular formula is C12H24N2O2S. The van der Waals surface area contributed by atoms with Crippen molar-refractivity contribution in [2.24, 2.45) is 0 Å². The highest BCUT2D eigenvalue weighted by molar-refractivity contribution is 7.91. The molecule has 100 valence electrons. The molecule has 2 unspecified atom stereocenters. The summed E-state index contributed by atoms with van der Waals surface area (Å²) in [7, 11) is -0.709. The molecule has 2 saturated heterocycles. The molecule has 0 aromatic rings. The largest absolute Gasteiger partial charge is 0.313 e. The second-order valence-electron chi connectivity index (χ2n) is 5.50. The number of nitrogens with zero attached hydrogens (tertiary/aromatic N) is 1. The normalized spacial score (nSPS) is 33.8. The van der Waals surface area contributed by atoms with Crippen LogP contribution in [0.25, 0.3) is 0 Å². The zero-order valence-electron chi connectivity index (χ0n) is 10.7. The van der Waals surface area contributed by atoms with Gasteiger partial charge in [-0.1, -0.05) is 6.42 Å². The van der Waals surface area contributed by atoms with Crippen LogP contribution < -0.4 is 5.32 Å². The van der Waals surface area contributed by atoms with E-state index in [1.54, 1.807) is 0 Å². The Morgan fingerprint density at radius 1 is 1.24 bits per heavy atom. The highest BCUT2D eigenvalue weighted by atomic mass is 32.2. The van der Waals surface area contributed by atoms with Gasteiger partial charge >= 0.3 is 0 Å². The molecule has 0 bridgehead atoms. The summed E-state index contributed by atoms with van der Waals surface area (Å²) in [5.41, 5.74) is 0. The molecule has 0 aliphatic carbocycles. The van der Waals surface area contributed by atoms with Gasteiger partial charge in [0.2, 0.25) is 0 Å². The smallest absolute Gasteiger partial charge is 0.151 e. The molecule has 0 amide bonds. The van der Waals surface area contributed by atoms with Crippen molar-refractivity contribution in [1.82, 2.24) is 10.2 Å². The first-order valence-corrected chi connectivity index (χ1v) is 8.53. The Hall–Kier alpha value is -0.130. The van der Waals surface area contributed by atoms with Crippen LogP contribution in [-0.2, 0) is 9.84 Å². The quantitative estimate of drug-likeness (QED) is 0.809. The van der Waals surface area contributed by atoms with Crippen LogP contribution in [0.1, 0.15) is 32.1 Å². The predicted octanol–water partition coefficient (Wildman–Crippen LogP) is 0.638. The van der Waals surface area contributed by atoms with Crippen LogP contribution in [0.3, 0.4) is 0 Å². The fourth-order valence-electron chi connectivity index (χ4n) is 2.92. The molecule has 0 radical (unpaired) electrons. The van der Waals surface area contributed by atoms with Crippen molar-refractivity contribution in [3.8, 4) is 0 Å². The third kappa shape index (κ3) is 3.93. The molecule has 2 aliphatic rings. The number of rotatable bonds is 3. The Balaban J connectivity index is 1.84. The maximum atomic E-state index is 11.6. The number of hydrogen-bond acceptors (Lipinski definition) is 4. The molecule has 4 nitrogen and oxygen atoms in total. The van der Waals surface area contributed by atoms with Gasteiger partial charge in [-0.05, 0) is 39.3 Å². The van der Waals surface area contributed by atoms with Crippen molar-refractivity contribution in [1.29, 1.82) is 0 Å². The fraction of sp³-hybridized carbons (Fsp3) is 1.00. The van der Waals surface area contributed by atoms with E-state index in [1.165, 1.54) is 19.3 Å². The second-order valence-corrected chi connectivity index (χ2v) is 7.73. The van der Waals surface area contributed by atoms with E-state index < -0.39 is 9.84 Å². The van der Waals surface area contributed by atoms with Crippen molar-refractivity contribution < 1.29 is 8.42 Å². The molecule has 2 rings (SSSR count). The van der Waals surface area contributed by atoms with E-state index in [0.717, 1.165) is 25.9 Å². The number of piperidine rings is 1. The molecule has 1 N–H and O–H groups in total. The van der Waals surface area contributed by atoms with E-state index in [9.17, 15) is 8.42 Å². The van der Waals surface area contributed by atoms with Gasteiger partial charge in [-0.2, -0.15) is 0 Å². The maximum Gasteiger partial charge on any atom is 0.151 e. The van der Waals surface area contributed by atoms with E-state index in [0.29, 0.717) is 17.5 Å². The van der Waals surface area contributed by atoms with Crippen molar-refractivity contribution in [3.05, 3.63) is 0 Å². The van der Waals surface area contributed by atoms with Crippen LogP contribution in [0.15, 0.2) is 0 Å². The SMILES string of the molecule is CN(CC1CCCCN1)C1CCCS(=O)(=O)C1. The molecule has 2 fully saturated rings. The van der Waals surface area contributed by atoms with Crippen molar-refractivity contribution in [3.63, 3.8) is 0 Å². The lowest BCUT2D eigenvalue weighted by molar-refractivity contribution is 0.203. The Morgan fingerprint density at radius 2 is 2.06 bits per heavy atom.